The van der Waals surface area contributed by atoms with Gasteiger partial charge in [-0.2, -0.15) is 0 Å². The lowest BCUT2D eigenvalue weighted by Gasteiger charge is -2.08. The Morgan fingerprint density at radius 2 is 2.15 bits per heavy atom. The van der Waals surface area contributed by atoms with Crippen molar-refractivity contribution in [1.29, 1.82) is 0 Å². The van der Waals surface area contributed by atoms with Crippen LogP contribution in [0, 0.1) is 10.1 Å². The van der Waals surface area contributed by atoms with E-state index in [0.717, 1.165) is 0 Å². The van der Waals surface area contributed by atoms with Gasteiger partial charge in [0.2, 0.25) is 5.82 Å². The molecule has 0 unspecified atom stereocenters. The van der Waals surface area contributed by atoms with Gasteiger partial charge < -0.3 is 10.1 Å². The van der Waals surface area contributed by atoms with Crippen molar-refractivity contribution in [3.63, 3.8) is 0 Å². The number of nitrogens with one attached hydrogen (secondary N) is 1. The summed E-state index contributed by atoms with van der Waals surface area (Å²) in [5, 5.41) is 14.3. The van der Waals surface area contributed by atoms with E-state index in [0.29, 0.717) is 16.3 Å². The molecule has 1 aromatic heterocycles. The van der Waals surface area contributed by atoms with Crippen LogP contribution in [0.15, 0.2) is 24.5 Å². The first-order chi connectivity index (χ1) is 9.58. The second-order valence-electron chi connectivity index (χ2n) is 3.78. The van der Waals surface area contributed by atoms with Gasteiger partial charge in [-0.25, -0.2) is 9.97 Å². The third kappa shape index (κ3) is 2.48. The molecule has 0 aliphatic heterocycles. The fraction of sp³-hybridized carbons (Fsp3) is 0.167. The van der Waals surface area contributed by atoms with Crippen molar-refractivity contribution in [2.24, 2.45) is 0 Å². The van der Waals surface area contributed by atoms with Crippen LogP contribution < -0.4 is 10.1 Å². The highest BCUT2D eigenvalue weighted by atomic mass is 35.5. The van der Waals surface area contributed by atoms with Gasteiger partial charge in [0, 0.05) is 12.6 Å². The molecule has 0 atom stereocenters. The van der Waals surface area contributed by atoms with Crippen LogP contribution in [0.5, 0.6) is 5.75 Å². The number of methoxy groups -OCH3 is 1. The maximum Gasteiger partial charge on any atom is 0.337 e. The summed E-state index contributed by atoms with van der Waals surface area (Å²) in [6.45, 7) is 0. The molecular weight excluding hydrogens is 284 g/mol. The monoisotopic (exact) mass is 294 g/mol. The van der Waals surface area contributed by atoms with Crippen LogP contribution in [0.1, 0.15) is 0 Å². The Balaban J connectivity index is 2.66. The molecule has 1 aromatic carbocycles. The highest BCUT2D eigenvalue weighted by Crippen LogP contribution is 2.36. The van der Waals surface area contributed by atoms with Crippen LogP contribution >= 0.6 is 11.6 Å². The summed E-state index contributed by atoms with van der Waals surface area (Å²) >= 11 is 5.94. The SMILES string of the molecule is CNc1ncnc(-c2ccc(Cl)c(OC)c2)c1[N+](=O)[O-]. The zero-order valence-electron chi connectivity index (χ0n) is 10.8. The molecule has 1 heterocycles. The molecule has 0 bridgehead atoms. The van der Waals surface area contributed by atoms with Gasteiger partial charge in [0.25, 0.3) is 0 Å². The number of aromatic nitrogens is 2. The fourth-order valence-electron chi connectivity index (χ4n) is 1.75. The van der Waals surface area contributed by atoms with E-state index >= 15 is 0 Å². The van der Waals surface area contributed by atoms with E-state index in [2.05, 4.69) is 15.3 Å². The molecular formula is C12H11ClN4O3. The van der Waals surface area contributed by atoms with E-state index in [-0.39, 0.29) is 17.2 Å². The lowest BCUT2D eigenvalue weighted by Crippen LogP contribution is -2.03. The van der Waals surface area contributed by atoms with E-state index in [1.807, 2.05) is 0 Å². The van der Waals surface area contributed by atoms with E-state index in [1.165, 1.54) is 13.4 Å². The van der Waals surface area contributed by atoms with Crippen LogP contribution in [-0.4, -0.2) is 29.0 Å². The normalized spacial score (nSPS) is 10.2. The molecule has 0 fully saturated rings. The van der Waals surface area contributed by atoms with Crippen LogP contribution in [0.3, 0.4) is 0 Å². The highest BCUT2D eigenvalue weighted by Gasteiger charge is 2.23. The molecule has 0 saturated carbocycles. The highest BCUT2D eigenvalue weighted by molar-refractivity contribution is 6.32. The average Bonchev–Trinajstić information content (AvgIpc) is 2.46. The summed E-state index contributed by atoms with van der Waals surface area (Å²) in [6.07, 6.45) is 1.26. The Morgan fingerprint density at radius 3 is 2.75 bits per heavy atom. The first-order valence-electron chi connectivity index (χ1n) is 5.59. The predicted molar refractivity (Wildman–Crippen MR) is 75.2 cm³/mol. The first kappa shape index (κ1) is 14.0. The van der Waals surface area contributed by atoms with Crippen LogP contribution in [-0.2, 0) is 0 Å². The van der Waals surface area contributed by atoms with Crippen molar-refractivity contribution in [3.05, 3.63) is 39.7 Å². The van der Waals surface area contributed by atoms with E-state index in [4.69, 9.17) is 16.3 Å². The van der Waals surface area contributed by atoms with Gasteiger partial charge in [-0.1, -0.05) is 17.7 Å². The third-order valence-electron chi connectivity index (χ3n) is 2.67. The van der Waals surface area contributed by atoms with Crippen molar-refractivity contribution in [2.75, 3.05) is 19.5 Å². The molecule has 7 nitrogen and oxygen atoms in total. The number of rotatable bonds is 4. The molecule has 8 heteroatoms. The quantitative estimate of drug-likeness (QED) is 0.689. The number of nitrogens with zero attached hydrogens (tertiary/aromatic N) is 3. The molecule has 0 radical (unpaired) electrons. The molecule has 0 spiro atoms. The smallest absolute Gasteiger partial charge is 0.337 e. The number of anilines is 1. The maximum absolute atomic E-state index is 11.2. The van der Waals surface area contributed by atoms with E-state index in [9.17, 15) is 10.1 Å². The van der Waals surface area contributed by atoms with Gasteiger partial charge >= 0.3 is 5.69 Å². The van der Waals surface area contributed by atoms with Gasteiger partial charge in [0.15, 0.2) is 5.69 Å². The Bertz CT molecular complexity index is 663. The summed E-state index contributed by atoms with van der Waals surface area (Å²) < 4.78 is 5.10. The van der Waals surface area contributed by atoms with Gasteiger partial charge in [0.1, 0.15) is 12.1 Å². The van der Waals surface area contributed by atoms with Crippen molar-refractivity contribution in [2.45, 2.75) is 0 Å². The van der Waals surface area contributed by atoms with Crippen molar-refractivity contribution < 1.29 is 9.66 Å². The molecule has 2 aromatic rings. The standard InChI is InChI=1S/C12H11ClN4O3/c1-14-12-11(17(18)19)10(15-6-16-12)7-3-4-8(13)9(5-7)20-2/h3-6H,1-2H3,(H,14,15,16). The number of hydrogen-bond acceptors (Lipinski definition) is 6. The second kappa shape index (κ2) is 5.70. The minimum absolute atomic E-state index is 0.147. The number of benzene rings is 1. The zero-order valence-corrected chi connectivity index (χ0v) is 11.5. The topological polar surface area (TPSA) is 90.2 Å². The average molecular weight is 295 g/mol. The molecule has 104 valence electrons. The summed E-state index contributed by atoms with van der Waals surface area (Å²) in [7, 11) is 3.03. The Kier molecular flexibility index (Phi) is 3.99. The summed E-state index contributed by atoms with van der Waals surface area (Å²) in [5.41, 5.74) is 0.528. The summed E-state index contributed by atoms with van der Waals surface area (Å²) in [4.78, 5) is 18.5. The number of halogens is 1. The van der Waals surface area contributed by atoms with E-state index in [1.54, 1.807) is 25.2 Å². The Labute approximate surface area is 119 Å². The Morgan fingerprint density at radius 1 is 1.40 bits per heavy atom. The number of hydrogen-bond donors (Lipinski definition) is 1. The number of nitro groups is 1. The second-order valence-corrected chi connectivity index (χ2v) is 4.18. The predicted octanol–water partition coefficient (Wildman–Crippen LogP) is 2.76. The van der Waals surface area contributed by atoms with Crippen LogP contribution in [0.4, 0.5) is 11.5 Å². The van der Waals surface area contributed by atoms with E-state index < -0.39 is 4.92 Å². The zero-order chi connectivity index (χ0) is 14.7. The molecule has 0 saturated heterocycles. The summed E-state index contributed by atoms with van der Waals surface area (Å²) in [6, 6.07) is 4.83. The van der Waals surface area contributed by atoms with Crippen molar-refractivity contribution in [1.82, 2.24) is 9.97 Å². The molecule has 0 amide bonds. The van der Waals surface area contributed by atoms with Crippen LogP contribution in [0.2, 0.25) is 5.02 Å². The molecule has 20 heavy (non-hydrogen) atoms. The molecule has 2 rings (SSSR count). The fourth-order valence-corrected chi connectivity index (χ4v) is 1.95. The molecule has 0 aliphatic rings. The van der Waals surface area contributed by atoms with Crippen molar-refractivity contribution >= 4 is 23.1 Å². The van der Waals surface area contributed by atoms with Gasteiger partial charge in [-0.3, -0.25) is 10.1 Å². The minimum Gasteiger partial charge on any atom is -0.495 e. The maximum atomic E-state index is 11.2. The minimum atomic E-state index is -0.526. The summed E-state index contributed by atoms with van der Waals surface area (Å²) in [5.74, 6) is 0.567. The third-order valence-corrected chi connectivity index (χ3v) is 2.98. The van der Waals surface area contributed by atoms with Crippen LogP contribution in [0.25, 0.3) is 11.3 Å². The molecule has 0 aliphatic carbocycles. The van der Waals surface area contributed by atoms with Crippen molar-refractivity contribution in [3.8, 4) is 17.0 Å². The lowest BCUT2D eigenvalue weighted by molar-refractivity contribution is -0.383. The molecule has 1 N–H and O–H groups in total. The van der Waals surface area contributed by atoms with Gasteiger partial charge in [-0.15, -0.1) is 0 Å². The van der Waals surface area contributed by atoms with Gasteiger partial charge in [-0.05, 0) is 12.1 Å². The number of ether oxygens (including phenoxy) is 1. The first-order valence-corrected chi connectivity index (χ1v) is 5.97. The lowest BCUT2D eigenvalue weighted by atomic mass is 10.1. The Hall–Kier alpha value is -2.41. The van der Waals surface area contributed by atoms with Gasteiger partial charge in [0.05, 0.1) is 17.1 Å². The largest absolute Gasteiger partial charge is 0.495 e.